The number of benzene rings is 3. The van der Waals surface area contributed by atoms with E-state index in [4.69, 9.17) is 4.74 Å². The number of ether oxygens (including phenoxy) is 1. The van der Waals surface area contributed by atoms with Gasteiger partial charge in [-0.25, -0.2) is 13.2 Å². The molecule has 1 amide bonds. The summed E-state index contributed by atoms with van der Waals surface area (Å²) in [5, 5.41) is 1.93. The molecule has 3 aromatic rings. The second-order valence-corrected chi connectivity index (χ2v) is 9.15. The van der Waals surface area contributed by atoms with Crippen LogP contribution >= 0.6 is 0 Å². The molecular weight excluding hydrogens is 442 g/mol. The number of hydrogen-bond donors (Lipinski definition) is 1. The number of esters is 1. The van der Waals surface area contributed by atoms with Crippen LogP contribution in [0.25, 0.3) is 10.8 Å². The molecule has 0 fully saturated rings. The number of aliphatic imine (C=N–C) groups is 1. The van der Waals surface area contributed by atoms with Crippen LogP contribution < -0.4 is 9.62 Å². The van der Waals surface area contributed by atoms with Crippen molar-refractivity contribution in [3.63, 3.8) is 0 Å². The first-order valence-electron chi connectivity index (χ1n) is 10.5. The van der Waals surface area contributed by atoms with Crippen LogP contribution in [-0.4, -0.2) is 45.3 Å². The van der Waals surface area contributed by atoms with Crippen LogP contribution in [0.3, 0.4) is 0 Å². The van der Waals surface area contributed by atoms with Crippen molar-refractivity contribution in [3.8, 4) is 0 Å². The summed E-state index contributed by atoms with van der Waals surface area (Å²) in [6.45, 7) is 3.28. The molecule has 0 unspecified atom stereocenters. The van der Waals surface area contributed by atoms with Gasteiger partial charge in [0.1, 0.15) is 11.9 Å². The van der Waals surface area contributed by atoms with E-state index in [0.717, 1.165) is 16.5 Å². The van der Waals surface area contributed by atoms with Crippen molar-refractivity contribution >= 4 is 44.2 Å². The predicted molar refractivity (Wildman–Crippen MR) is 126 cm³/mol. The molecule has 0 radical (unpaired) electrons. The number of fused-ring (bicyclic) bond motifs is 2. The summed E-state index contributed by atoms with van der Waals surface area (Å²) in [6, 6.07) is 18.8. The highest BCUT2D eigenvalue weighted by Gasteiger charge is 2.31. The zero-order valence-corrected chi connectivity index (χ0v) is 19.0. The Bertz CT molecular complexity index is 1360. The fraction of sp³-hybridized carbons (Fsp3) is 0.208. The standard InChI is InChI=1S/C24H23N3O5S/c1-3-27(20-13-8-10-17-9-4-5-11-18(17)20)22(28)15-32-24(29)16(2)25-23-19-12-6-7-14-21(19)33(30,31)26-23/h4-14,16H,3,15H2,1-2H3,(H,25,26)/t16-/m0/s1. The van der Waals surface area contributed by atoms with E-state index in [1.165, 1.54) is 13.0 Å². The zero-order chi connectivity index (χ0) is 23.6. The lowest BCUT2D eigenvalue weighted by Gasteiger charge is -2.23. The lowest BCUT2D eigenvalue weighted by molar-refractivity contribution is -0.148. The van der Waals surface area contributed by atoms with Crippen LogP contribution in [-0.2, 0) is 24.3 Å². The lowest BCUT2D eigenvalue weighted by atomic mass is 10.1. The summed E-state index contributed by atoms with van der Waals surface area (Å²) in [4.78, 5) is 31.2. The average molecular weight is 466 g/mol. The molecule has 1 atom stereocenters. The maximum Gasteiger partial charge on any atom is 0.331 e. The van der Waals surface area contributed by atoms with E-state index < -0.39 is 28.6 Å². The van der Waals surface area contributed by atoms with Gasteiger partial charge in [0.05, 0.1) is 10.6 Å². The van der Waals surface area contributed by atoms with E-state index in [-0.39, 0.29) is 16.6 Å². The molecule has 4 rings (SSSR count). The number of likely N-dealkylation sites (N-methyl/N-ethyl adjacent to an activating group) is 1. The average Bonchev–Trinajstić information content (AvgIpc) is 3.08. The molecule has 0 saturated heterocycles. The van der Waals surface area contributed by atoms with Gasteiger partial charge in [0, 0.05) is 17.5 Å². The fourth-order valence-corrected chi connectivity index (χ4v) is 4.97. The van der Waals surface area contributed by atoms with Gasteiger partial charge in [0.25, 0.3) is 15.9 Å². The van der Waals surface area contributed by atoms with Crippen molar-refractivity contribution in [2.24, 2.45) is 4.99 Å². The molecule has 33 heavy (non-hydrogen) atoms. The third kappa shape index (κ3) is 4.45. The Morgan fingerprint density at radius 1 is 1.03 bits per heavy atom. The van der Waals surface area contributed by atoms with Crippen molar-refractivity contribution in [2.45, 2.75) is 24.8 Å². The number of nitrogens with zero attached hydrogens (tertiary/aromatic N) is 2. The third-order valence-electron chi connectivity index (χ3n) is 5.34. The van der Waals surface area contributed by atoms with Gasteiger partial charge in [0.2, 0.25) is 0 Å². The van der Waals surface area contributed by atoms with Gasteiger partial charge in [-0.2, -0.15) is 0 Å². The van der Waals surface area contributed by atoms with Gasteiger partial charge in [-0.3, -0.25) is 14.5 Å². The van der Waals surface area contributed by atoms with Crippen molar-refractivity contribution in [3.05, 3.63) is 72.3 Å². The molecule has 0 aliphatic carbocycles. The largest absolute Gasteiger partial charge is 0.454 e. The van der Waals surface area contributed by atoms with E-state index in [1.807, 2.05) is 49.4 Å². The van der Waals surface area contributed by atoms with Crippen LogP contribution in [0.2, 0.25) is 0 Å². The highest BCUT2D eigenvalue weighted by molar-refractivity contribution is 7.90. The molecular formula is C24H23N3O5S. The number of carbonyl (C=O) groups excluding carboxylic acids is 2. The molecule has 8 nitrogen and oxygen atoms in total. The van der Waals surface area contributed by atoms with Crippen molar-refractivity contribution in [1.82, 2.24) is 4.72 Å². The Hall–Kier alpha value is -3.72. The van der Waals surface area contributed by atoms with Crippen LogP contribution in [0.1, 0.15) is 19.4 Å². The number of anilines is 1. The minimum Gasteiger partial charge on any atom is -0.454 e. The first-order chi connectivity index (χ1) is 15.8. The number of hydrogen-bond acceptors (Lipinski definition) is 6. The van der Waals surface area contributed by atoms with Gasteiger partial charge < -0.3 is 9.64 Å². The minimum atomic E-state index is -3.71. The van der Waals surface area contributed by atoms with Crippen LogP contribution in [0.15, 0.2) is 76.6 Å². The summed E-state index contributed by atoms with van der Waals surface area (Å²) in [5.74, 6) is -1.02. The number of sulfonamides is 1. The minimum absolute atomic E-state index is 0.0762. The smallest absolute Gasteiger partial charge is 0.331 e. The van der Waals surface area contributed by atoms with E-state index >= 15 is 0 Å². The summed E-state index contributed by atoms with van der Waals surface area (Å²) in [7, 11) is -3.71. The first kappa shape index (κ1) is 22.5. The highest BCUT2D eigenvalue weighted by atomic mass is 32.2. The maximum atomic E-state index is 12.9. The Balaban J connectivity index is 1.46. The normalized spacial score (nSPS) is 16.1. The molecule has 170 valence electrons. The SMILES string of the molecule is CCN(C(=O)COC(=O)[C@H](C)N=C1NS(=O)(=O)c2ccccc21)c1cccc2ccccc12. The van der Waals surface area contributed by atoms with E-state index in [0.29, 0.717) is 12.1 Å². The van der Waals surface area contributed by atoms with E-state index in [2.05, 4.69) is 9.71 Å². The van der Waals surface area contributed by atoms with Crippen LogP contribution in [0.4, 0.5) is 5.69 Å². The van der Waals surface area contributed by atoms with Crippen molar-refractivity contribution in [1.29, 1.82) is 0 Å². The zero-order valence-electron chi connectivity index (χ0n) is 18.2. The number of amidine groups is 1. The number of amides is 1. The third-order valence-corrected chi connectivity index (χ3v) is 6.74. The number of rotatable bonds is 6. The molecule has 1 aliphatic heterocycles. The van der Waals surface area contributed by atoms with Crippen LogP contribution in [0, 0.1) is 0 Å². The fourth-order valence-electron chi connectivity index (χ4n) is 3.73. The predicted octanol–water partition coefficient (Wildman–Crippen LogP) is 2.86. The van der Waals surface area contributed by atoms with Gasteiger partial charge >= 0.3 is 5.97 Å². The molecule has 1 heterocycles. The second-order valence-electron chi connectivity index (χ2n) is 7.50. The van der Waals surface area contributed by atoms with Crippen molar-refractivity contribution < 1.29 is 22.7 Å². The summed E-state index contributed by atoms with van der Waals surface area (Å²) in [6.07, 6.45) is 0. The van der Waals surface area contributed by atoms with E-state index in [1.54, 1.807) is 23.1 Å². The number of nitrogens with one attached hydrogen (secondary N) is 1. The quantitative estimate of drug-likeness (QED) is 0.564. The Morgan fingerprint density at radius 3 is 2.52 bits per heavy atom. The molecule has 3 aromatic carbocycles. The van der Waals surface area contributed by atoms with Gasteiger partial charge in [-0.1, -0.05) is 48.5 Å². The summed E-state index contributed by atoms with van der Waals surface area (Å²) in [5.41, 5.74) is 1.13. The molecule has 1 N–H and O–H groups in total. The summed E-state index contributed by atoms with van der Waals surface area (Å²) >= 11 is 0. The van der Waals surface area contributed by atoms with Crippen molar-refractivity contribution in [2.75, 3.05) is 18.1 Å². The number of carbonyl (C=O) groups is 2. The van der Waals surface area contributed by atoms with Gasteiger partial charge in [-0.15, -0.1) is 0 Å². The summed E-state index contributed by atoms with van der Waals surface area (Å²) < 4.78 is 32.0. The van der Waals surface area contributed by atoms with Gasteiger partial charge in [-0.05, 0) is 37.4 Å². The van der Waals surface area contributed by atoms with Gasteiger partial charge in [0.15, 0.2) is 6.61 Å². The van der Waals surface area contributed by atoms with E-state index in [9.17, 15) is 18.0 Å². The monoisotopic (exact) mass is 465 g/mol. The first-order valence-corrected chi connectivity index (χ1v) is 11.9. The maximum absolute atomic E-state index is 12.9. The highest BCUT2D eigenvalue weighted by Crippen LogP contribution is 2.27. The molecule has 0 spiro atoms. The molecule has 1 aliphatic rings. The van der Waals surface area contributed by atoms with Crippen LogP contribution in [0.5, 0.6) is 0 Å². The Kier molecular flexibility index (Phi) is 6.15. The molecule has 0 aromatic heterocycles. The second kappa shape index (κ2) is 9.03. The Labute approximate surface area is 191 Å². The lowest BCUT2D eigenvalue weighted by Crippen LogP contribution is -2.36. The molecule has 0 bridgehead atoms. The molecule has 0 saturated carbocycles. The molecule has 9 heteroatoms. The Morgan fingerprint density at radius 2 is 1.73 bits per heavy atom. The topological polar surface area (TPSA) is 105 Å².